The highest BCUT2D eigenvalue weighted by Gasteiger charge is 2.07. The van der Waals surface area contributed by atoms with E-state index in [2.05, 4.69) is 15.3 Å². The van der Waals surface area contributed by atoms with Gasteiger partial charge in [-0.3, -0.25) is 4.79 Å². The first kappa shape index (κ1) is 19.1. The molecular formula is C18H20BrFN4O. The lowest BCUT2D eigenvalue weighted by Gasteiger charge is -2.02. The zero-order chi connectivity index (χ0) is 16.9. The molecule has 25 heavy (non-hydrogen) atoms. The average Bonchev–Trinajstić information content (AvgIpc) is 2.96. The number of hydrogen-bond acceptors (Lipinski definition) is 2. The Kier molecular flexibility index (Phi) is 6.64. The Balaban J connectivity index is 0.00000225. The van der Waals surface area contributed by atoms with Crippen molar-refractivity contribution in [2.45, 2.75) is 26.3 Å². The van der Waals surface area contributed by atoms with E-state index in [1.165, 1.54) is 17.7 Å². The predicted molar refractivity (Wildman–Crippen MR) is 88.8 cm³/mol. The van der Waals surface area contributed by atoms with Crippen molar-refractivity contribution in [3.8, 4) is 0 Å². The molecule has 5 nitrogen and oxygen atoms in total. The smallest absolute Gasteiger partial charge is 0.226 e. The summed E-state index contributed by atoms with van der Waals surface area (Å²) in [6.07, 6.45) is 4.95. The number of aromatic nitrogens is 3. The summed E-state index contributed by atoms with van der Waals surface area (Å²) in [5.41, 5.74) is 2.60. The first-order chi connectivity index (χ1) is 11.6. The number of benzene rings is 1. The van der Waals surface area contributed by atoms with Crippen molar-refractivity contribution >= 4 is 16.9 Å². The summed E-state index contributed by atoms with van der Waals surface area (Å²) in [4.78, 5) is 19.3. The summed E-state index contributed by atoms with van der Waals surface area (Å²) >= 11 is 0. The molecule has 0 aliphatic heterocycles. The molecule has 7 heteroatoms. The topological polar surface area (TPSA) is 61.7 Å². The highest BCUT2D eigenvalue weighted by molar-refractivity contribution is 5.76. The van der Waals surface area contributed by atoms with Crippen molar-refractivity contribution in [3.63, 3.8) is 0 Å². The molecule has 3 rings (SSSR count). The molecule has 0 unspecified atom stereocenters. The number of carbonyl (C=O) groups is 1. The van der Waals surface area contributed by atoms with Crippen LogP contribution in [-0.2, 0) is 17.8 Å². The van der Waals surface area contributed by atoms with E-state index in [9.17, 15) is 9.18 Å². The van der Waals surface area contributed by atoms with E-state index in [4.69, 9.17) is 0 Å². The molecule has 0 spiro atoms. The van der Waals surface area contributed by atoms with Gasteiger partial charge in [0, 0.05) is 25.1 Å². The third kappa shape index (κ3) is 5.35. The monoisotopic (exact) mass is 406 g/mol. The number of rotatable bonds is 6. The number of pyridine rings is 1. The van der Waals surface area contributed by atoms with Crippen LogP contribution in [0.25, 0.3) is 11.0 Å². The van der Waals surface area contributed by atoms with E-state index in [-0.39, 0.29) is 28.7 Å². The maximum atomic E-state index is 13.1. The Morgan fingerprint density at radius 2 is 2.04 bits per heavy atom. The van der Waals surface area contributed by atoms with E-state index in [0.717, 1.165) is 11.3 Å². The van der Waals surface area contributed by atoms with Gasteiger partial charge in [0.05, 0.1) is 17.5 Å². The zero-order valence-electron chi connectivity index (χ0n) is 13.9. The summed E-state index contributed by atoms with van der Waals surface area (Å²) in [7, 11) is 0. The number of aryl methyl sites for hydroxylation is 2. The lowest BCUT2D eigenvalue weighted by Crippen LogP contribution is -3.00. The number of imidazole rings is 1. The summed E-state index contributed by atoms with van der Waals surface area (Å²) in [5.74, 6) is 0.452. The molecule has 0 saturated heterocycles. The fraction of sp³-hybridized carbons (Fsp3) is 0.278. The van der Waals surface area contributed by atoms with Gasteiger partial charge in [-0.25, -0.2) is 13.9 Å². The van der Waals surface area contributed by atoms with E-state index in [1.54, 1.807) is 6.07 Å². The van der Waals surface area contributed by atoms with Crippen molar-refractivity contribution in [2.24, 2.45) is 0 Å². The lowest BCUT2D eigenvalue weighted by atomic mass is 10.3. The van der Waals surface area contributed by atoms with Gasteiger partial charge >= 0.3 is 0 Å². The third-order valence-electron chi connectivity index (χ3n) is 3.83. The molecule has 0 aliphatic rings. The van der Waals surface area contributed by atoms with Crippen molar-refractivity contribution in [2.75, 3.05) is 6.54 Å². The Hall–Kier alpha value is -2.28. The van der Waals surface area contributed by atoms with Crippen molar-refractivity contribution in [1.82, 2.24) is 15.3 Å². The van der Waals surface area contributed by atoms with Gasteiger partial charge in [0.2, 0.25) is 5.91 Å². The Morgan fingerprint density at radius 3 is 2.80 bits per heavy atom. The molecule has 3 aromatic rings. The standard InChI is InChI=1S/C18H19FN4O.BrH/c1-13-5-9-23(10-6-13)11-7-18(24)20-8-4-17-21-15-3-2-14(19)12-16(15)22-17;/h2-3,5-6,9-10,12H,4,7-8,11H2,1H3,(H-,20,21,22,24);1H. The minimum atomic E-state index is -0.292. The van der Waals surface area contributed by atoms with E-state index >= 15 is 0 Å². The Labute approximate surface area is 156 Å². The molecule has 2 N–H and O–H groups in total. The molecule has 1 aromatic carbocycles. The molecule has 0 atom stereocenters. The maximum absolute atomic E-state index is 13.1. The van der Waals surface area contributed by atoms with Crippen LogP contribution >= 0.6 is 0 Å². The minimum Gasteiger partial charge on any atom is -1.00 e. The number of H-pyrrole nitrogens is 1. The molecule has 0 aliphatic carbocycles. The highest BCUT2D eigenvalue weighted by atomic mass is 79.9. The van der Waals surface area contributed by atoms with Gasteiger partial charge in [0.15, 0.2) is 18.9 Å². The van der Waals surface area contributed by atoms with Gasteiger partial charge in [-0.15, -0.1) is 0 Å². The van der Waals surface area contributed by atoms with Crippen molar-refractivity contribution in [3.05, 3.63) is 59.9 Å². The van der Waals surface area contributed by atoms with Crippen LogP contribution in [0.2, 0.25) is 0 Å². The second-order valence-electron chi connectivity index (χ2n) is 5.81. The molecular weight excluding hydrogens is 387 g/mol. The van der Waals surface area contributed by atoms with Gasteiger partial charge < -0.3 is 27.3 Å². The van der Waals surface area contributed by atoms with Crippen molar-refractivity contribution in [1.29, 1.82) is 0 Å². The summed E-state index contributed by atoms with van der Waals surface area (Å²) in [6.45, 7) is 3.18. The van der Waals surface area contributed by atoms with Crippen molar-refractivity contribution < 1.29 is 30.7 Å². The highest BCUT2D eigenvalue weighted by Crippen LogP contribution is 2.12. The van der Waals surface area contributed by atoms with Gasteiger partial charge in [0.1, 0.15) is 11.6 Å². The molecule has 0 radical (unpaired) electrons. The molecule has 132 valence electrons. The van der Waals surface area contributed by atoms with E-state index in [0.29, 0.717) is 31.4 Å². The third-order valence-corrected chi connectivity index (χ3v) is 3.83. The normalized spacial score (nSPS) is 10.5. The van der Waals surface area contributed by atoms with Gasteiger partial charge in [-0.2, -0.15) is 0 Å². The Bertz CT molecular complexity index is 848. The predicted octanol–water partition coefficient (Wildman–Crippen LogP) is -0.949. The first-order valence-electron chi connectivity index (χ1n) is 7.97. The molecule has 1 amide bonds. The van der Waals surface area contributed by atoms with Gasteiger partial charge in [-0.1, -0.05) is 0 Å². The van der Waals surface area contributed by atoms with Crippen LogP contribution in [0, 0.1) is 12.7 Å². The quantitative estimate of drug-likeness (QED) is 0.518. The number of hydrogen-bond donors (Lipinski definition) is 2. The molecule has 2 aromatic heterocycles. The lowest BCUT2D eigenvalue weighted by molar-refractivity contribution is -0.695. The van der Waals surface area contributed by atoms with Crippen LogP contribution < -0.4 is 26.9 Å². The number of aromatic amines is 1. The second kappa shape index (κ2) is 8.71. The van der Waals surface area contributed by atoms with Crippen LogP contribution in [0.4, 0.5) is 4.39 Å². The second-order valence-corrected chi connectivity index (χ2v) is 5.81. The largest absolute Gasteiger partial charge is 1.00 e. The van der Waals surface area contributed by atoms with E-state index in [1.807, 2.05) is 36.0 Å². The van der Waals surface area contributed by atoms with Crippen LogP contribution in [0.3, 0.4) is 0 Å². The van der Waals surface area contributed by atoms with Crippen LogP contribution in [0.5, 0.6) is 0 Å². The minimum absolute atomic E-state index is 0. The number of nitrogens with one attached hydrogen (secondary N) is 2. The molecule has 2 heterocycles. The fourth-order valence-corrected chi connectivity index (χ4v) is 2.47. The van der Waals surface area contributed by atoms with Crippen LogP contribution in [0.1, 0.15) is 17.8 Å². The number of amides is 1. The number of carbonyl (C=O) groups excluding carboxylic acids is 1. The number of halogens is 2. The summed E-state index contributed by atoms with van der Waals surface area (Å²) in [5, 5.41) is 2.88. The Morgan fingerprint density at radius 1 is 1.28 bits per heavy atom. The number of fused-ring (bicyclic) bond motifs is 1. The number of nitrogens with zero attached hydrogens (tertiary/aromatic N) is 2. The molecule has 0 bridgehead atoms. The first-order valence-corrected chi connectivity index (χ1v) is 7.97. The summed E-state index contributed by atoms with van der Waals surface area (Å²) < 4.78 is 15.1. The summed E-state index contributed by atoms with van der Waals surface area (Å²) in [6, 6.07) is 8.48. The van der Waals surface area contributed by atoms with E-state index < -0.39 is 0 Å². The molecule has 0 fully saturated rings. The van der Waals surface area contributed by atoms with Gasteiger partial charge in [0.25, 0.3) is 0 Å². The SMILES string of the molecule is Cc1cc[n+](CCC(=O)NCCc2nc3ccc(F)cc3[nH]2)cc1.[Br-]. The average molecular weight is 407 g/mol. The van der Waals surface area contributed by atoms with Crippen LogP contribution in [0.15, 0.2) is 42.7 Å². The zero-order valence-corrected chi connectivity index (χ0v) is 15.5. The molecule has 0 saturated carbocycles. The van der Waals surface area contributed by atoms with Crippen LogP contribution in [-0.4, -0.2) is 22.4 Å². The fourth-order valence-electron chi connectivity index (χ4n) is 2.47. The van der Waals surface area contributed by atoms with Gasteiger partial charge in [-0.05, 0) is 30.7 Å². The maximum Gasteiger partial charge on any atom is 0.226 e.